The third kappa shape index (κ3) is 3.21. The van der Waals surface area contributed by atoms with Gasteiger partial charge in [-0.2, -0.15) is 0 Å². The second-order valence-corrected chi connectivity index (χ2v) is 4.77. The third-order valence-corrected chi connectivity index (χ3v) is 2.90. The summed E-state index contributed by atoms with van der Waals surface area (Å²) in [4.78, 5) is 10.7. The lowest BCUT2D eigenvalue weighted by atomic mass is 10.1. The monoisotopic (exact) mass is 287 g/mol. The van der Waals surface area contributed by atoms with Gasteiger partial charge in [0.2, 0.25) is 0 Å². The Morgan fingerprint density at radius 3 is 2.75 bits per heavy atom. The van der Waals surface area contributed by atoms with Crippen LogP contribution in [0.4, 0.5) is 5.69 Å². The summed E-state index contributed by atoms with van der Waals surface area (Å²) in [5, 5.41) is 21.2. The zero-order chi connectivity index (χ0) is 12.3. The van der Waals surface area contributed by atoms with Crippen LogP contribution >= 0.6 is 15.9 Å². The Kier molecular flexibility index (Phi) is 3.93. The molecular weight excluding hydrogens is 274 g/mol. The Morgan fingerprint density at radius 1 is 1.56 bits per heavy atom. The van der Waals surface area contributed by atoms with Crippen molar-refractivity contribution >= 4 is 27.6 Å². The SMILES string of the molecule is Cc1ccc(Br)c(NCC(C)(O)C(=O)O)c1. The zero-order valence-electron chi connectivity index (χ0n) is 9.12. The predicted octanol–water partition coefficient (Wildman–Crippen LogP) is 2.01. The van der Waals surface area contributed by atoms with E-state index in [0.717, 1.165) is 15.7 Å². The van der Waals surface area contributed by atoms with Crippen LogP contribution < -0.4 is 5.32 Å². The number of hydrogen-bond donors (Lipinski definition) is 3. The summed E-state index contributed by atoms with van der Waals surface area (Å²) in [6.07, 6.45) is 0. The first-order chi connectivity index (χ1) is 7.33. The highest BCUT2D eigenvalue weighted by atomic mass is 79.9. The average Bonchev–Trinajstić information content (AvgIpc) is 2.19. The molecule has 88 valence electrons. The molecule has 0 saturated carbocycles. The van der Waals surface area contributed by atoms with Gasteiger partial charge in [0, 0.05) is 10.2 Å². The number of aryl methyl sites for hydroxylation is 1. The summed E-state index contributed by atoms with van der Waals surface area (Å²) in [7, 11) is 0. The van der Waals surface area contributed by atoms with Gasteiger partial charge in [-0.25, -0.2) is 4.79 Å². The number of anilines is 1. The van der Waals surface area contributed by atoms with E-state index >= 15 is 0 Å². The van der Waals surface area contributed by atoms with Gasteiger partial charge in [-0.1, -0.05) is 6.07 Å². The van der Waals surface area contributed by atoms with E-state index in [4.69, 9.17) is 5.11 Å². The average molecular weight is 288 g/mol. The highest BCUT2D eigenvalue weighted by molar-refractivity contribution is 9.10. The van der Waals surface area contributed by atoms with Gasteiger partial charge in [-0.3, -0.25) is 0 Å². The lowest BCUT2D eigenvalue weighted by molar-refractivity contribution is -0.155. The van der Waals surface area contributed by atoms with Gasteiger partial charge in [-0.05, 0) is 47.5 Å². The molecule has 1 rings (SSSR count). The van der Waals surface area contributed by atoms with E-state index in [-0.39, 0.29) is 6.54 Å². The molecule has 0 heterocycles. The van der Waals surface area contributed by atoms with Gasteiger partial charge < -0.3 is 15.5 Å². The molecule has 0 radical (unpaired) electrons. The predicted molar refractivity (Wildman–Crippen MR) is 65.6 cm³/mol. The van der Waals surface area contributed by atoms with Crippen molar-refractivity contribution < 1.29 is 15.0 Å². The molecule has 16 heavy (non-hydrogen) atoms. The van der Waals surface area contributed by atoms with Crippen molar-refractivity contribution in [3.05, 3.63) is 28.2 Å². The quantitative estimate of drug-likeness (QED) is 0.792. The minimum atomic E-state index is -1.77. The molecule has 1 unspecified atom stereocenters. The van der Waals surface area contributed by atoms with Gasteiger partial charge in [0.15, 0.2) is 5.60 Å². The minimum absolute atomic E-state index is 0.0512. The number of carbonyl (C=O) groups is 1. The summed E-state index contributed by atoms with van der Waals surface area (Å²) in [6.45, 7) is 3.14. The topological polar surface area (TPSA) is 69.6 Å². The fraction of sp³-hybridized carbons (Fsp3) is 0.364. The van der Waals surface area contributed by atoms with Crippen LogP contribution in [-0.2, 0) is 4.79 Å². The smallest absolute Gasteiger partial charge is 0.337 e. The van der Waals surface area contributed by atoms with Crippen LogP contribution in [-0.4, -0.2) is 28.3 Å². The minimum Gasteiger partial charge on any atom is -0.479 e. The van der Waals surface area contributed by atoms with Crippen LogP contribution in [0, 0.1) is 6.92 Å². The largest absolute Gasteiger partial charge is 0.479 e. The summed E-state index contributed by atoms with van der Waals surface area (Å²) in [5.74, 6) is -1.25. The van der Waals surface area contributed by atoms with Crippen LogP contribution in [0.25, 0.3) is 0 Å². The molecule has 5 heteroatoms. The first kappa shape index (κ1) is 13.0. The number of aliphatic carboxylic acids is 1. The Bertz CT molecular complexity index is 404. The number of aliphatic hydroxyl groups is 1. The third-order valence-electron chi connectivity index (χ3n) is 2.21. The van der Waals surface area contributed by atoms with Crippen molar-refractivity contribution in [3.8, 4) is 0 Å². The molecule has 0 fully saturated rings. The van der Waals surface area contributed by atoms with Crippen molar-refractivity contribution in [2.75, 3.05) is 11.9 Å². The van der Waals surface area contributed by atoms with Gasteiger partial charge in [-0.15, -0.1) is 0 Å². The van der Waals surface area contributed by atoms with Crippen LogP contribution in [0.3, 0.4) is 0 Å². The molecule has 0 amide bonds. The van der Waals surface area contributed by atoms with Gasteiger partial charge in [0.1, 0.15) is 0 Å². The normalized spacial score (nSPS) is 14.2. The second kappa shape index (κ2) is 4.84. The number of halogens is 1. The molecule has 0 spiro atoms. The molecule has 0 aliphatic rings. The van der Waals surface area contributed by atoms with Crippen molar-refractivity contribution in [2.24, 2.45) is 0 Å². The number of benzene rings is 1. The summed E-state index contributed by atoms with van der Waals surface area (Å²) in [6, 6.07) is 5.68. The second-order valence-electron chi connectivity index (χ2n) is 3.92. The zero-order valence-corrected chi connectivity index (χ0v) is 10.7. The maximum atomic E-state index is 10.7. The number of carboxylic acid groups (broad SMARTS) is 1. The Balaban J connectivity index is 2.75. The van der Waals surface area contributed by atoms with E-state index in [1.54, 1.807) is 0 Å². The van der Waals surface area contributed by atoms with Gasteiger partial charge >= 0.3 is 5.97 Å². The van der Waals surface area contributed by atoms with Gasteiger partial charge in [0.25, 0.3) is 0 Å². The van der Waals surface area contributed by atoms with E-state index in [2.05, 4.69) is 21.2 Å². The van der Waals surface area contributed by atoms with Crippen LogP contribution in [0.1, 0.15) is 12.5 Å². The molecule has 0 bridgehead atoms. The Labute approximate surface area is 102 Å². The molecule has 0 aliphatic heterocycles. The fourth-order valence-electron chi connectivity index (χ4n) is 1.12. The highest BCUT2D eigenvalue weighted by Gasteiger charge is 2.29. The molecule has 0 aliphatic carbocycles. The first-order valence-electron chi connectivity index (χ1n) is 4.79. The van der Waals surface area contributed by atoms with Crippen molar-refractivity contribution in [2.45, 2.75) is 19.4 Å². The summed E-state index contributed by atoms with van der Waals surface area (Å²) < 4.78 is 0.833. The highest BCUT2D eigenvalue weighted by Crippen LogP contribution is 2.23. The number of rotatable bonds is 4. The number of nitrogens with one attached hydrogen (secondary N) is 1. The van der Waals surface area contributed by atoms with E-state index in [9.17, 15) is 9.90 Å². The van der Waals surface area contributed by atoms with Gasteiger partial charge in [0.05, 0.1) is 6.54 Å². The number of carboxylic acids is 1. The lowest BCUT2D eigenvalue weighted by Crippen LogP contribution is -2.41. The molecule has 0 saturated heterocycles. The van der Waals surface area contributed by atoms with E-state index in [1.165, 1.54) is 6.92 Å². The summed E-state index contributed by atoms with van der Waals surface area (Å²) >= 11 is 3.34. The summed E-state index contributed by atoms with van der Waals surface area (Å²) in [5.41, 5.74) is 0.0469. The van der Waals surface area contributed by atoms with Crippen LogP contribution in [0.5, 0.6) is 0 Å². The van der Waals surface area contributed by atoms with E-state index in [0.29, 0.717) is 0 Å². The Hall–Kier alpha value is -1.07. The molecule has 4 nitrogen and oxygen atoms in total. The molecule has 0 aromatic heterocycles. The van der Waals surface area contributed by atoms with Crippen LogP contribution in [0.15, 0.2) is 22.7 Å². The van der Waals surface area contributed by atoms with Crippen molar-refractivity contribution in [3.63, 3.8) is 0 Å². The molecule has 1 atom stereocenters. The molecular formula is C11H14BrNO3. The maximum Gasteiger partial charge on any atom is 0.337 e. The van der Waals surface area contributed by atoms with E-state index in [1.807, 2.05) is 25.1 Å². The maximum absolute atomic E-state index is 10.7. The van der Waals surface area contributed by atoms with Crippen LogP contribution in [0.2, 0.25) is 0 Å². The first-order valence-corrected chi connectivity index (χ1v) is 5.58. The molecule has 3 N–H and O–H groups in total. The number of hydrogen-bond acceptors (Lipinski definition) is 3. The molecule has 1 aromatic rings. The van der Waals surface area contributed by atoms with Crippen molar-refractivity contribution in [1.29, 1.82) is 0 Å². The Morgan fingerprint density at radius 2 is 2.19 bits per heavy atom. The lowest BCUT2D eigenvalue weighted by Gasteiger charge is -2.19. The standard InChI is InChI=1S/C11H14BrNO3/c1-7-3-4-8(12)9(5-7)13-6-11(2,16)10(14)15/h3-5,13,16H,6H2,1-2H3,(H,14,15). The fourth-order valence-corrected chi connectivity index (χ4v) is 1.50. The van der Waals surface area contributed by atoms with E-state index < -0.39 is 11.6 Å². The molecule has 1 aromatic carbocycles. The van der Waals surface area contributed by atoms with Crippen molar-refractivity contribution in [1.82, 2.24) is 0 Å².